The molecule has 38 heavy (non-hydrogen) atoms. The summed E-state index contributed by atoms with van der Waals surface area (Å²) in [6.45, 7) is 4.27. The zero-order chi connectivity index (χ0) is 25.3. The molecule has 5 aromatic carbocycles. The molecule has 0 heterocycles. The number of hydrogen-bond acceptors (Lipinski definition) is 1. The molecule has 0 radical (unpaired) electrons. The number of rotatable bonds is 3. The zero-order valence-electron chi connectivity index (χ0n) is 23.1. The van der Waals surface area contributed by atoms with Crippen LogP contribution < -0.4 is 4.74 Å². The first-order valence-electron chi connectivity index (χ1n) is 12.1. The molecular formula is C36H36OZr-4. The summed E-state index contributed by atoms with van der Waals surface area (Å²) in [5, 5.41) is 5.15. The zero-order valence-corrected chi connectivity index (χ0v) is 25.5. The Morgan fingerprint density at radius 3 is 1.79 bits per heavy atom. The molecule has 0 spiro atoms. The van der Waals surface area contributed by atoms with E-state index in [1.165, 1.54) is 71.3 Å². The van der Waals surface area contributed by atoms with Crippen molar-refractivity contribution in [2.45, 2.75) is 20.3 Å². The van der Waals surface area contributed by atoms with Crippen molar-refractivity contribution in [3.63, 3.8) is 0 Å². The Labute approximate surface area is 244 Å². The molecule has 0 amide bonds. The summed E-state index contributed by atoms with van der Waals surface area (Å²) >= 11 is 1.46. The van der Waals surface area contributed by atoms with Crippen LogP contribution in [0, 0.1) is 20.9 Å². The SMILES string of the molecule is CC1=C(C)C[C-]=C1.COc1ccc2c(c1)[cH-]c1ccccc12.[CH3-].[CH3-].[Zr]=[C](c1ccccc1)c1ccccc1. The molecule has 2 heteroatoms. The van der Waals surface area contributed by atoms with Crippen LogP contribution in [0.4, 0.5) is 0 Å². The maximum absolute atomic E-state index is 5.22. The van der Waals surface area contributed by atoms with Gasteiger partial charge in [0.2, 0.25) is 0 Å². The third-order valence-corrected chi connectivity index (χ3v) is 7.72. The van der Waals surface area contributed by atoms with Gasteiger partial charge in [0.1, 0.15) is 0 Å². The summed E-state index contributed by atoms with van der Waals surface area (Å²) in [6.07, 6.45) is 6.22. The third kappa shape index (κ3) is 7.89. The van der Waals surface area contributed by atoms with Crippen LogP contribution in [0.25, 0.3) is 21.5 Å². The number of methoxy groups -OCH3 is 1. The first kappa shape index (κ1) is 31.0. The minimum atomic E-state index is 0. The van der Waals surface area contributed by atoms with E-state index in [2.05, 4.69) is 129 Å². The maximum atomic E-state index is 5.22. The summed E-state index contributed by atoms with van der Waals surface area (Å²) in [5.74, 6) is 0.915. The molecule has 0 aliphatic heterocycles. The van der Waals surface area contributed by atoms with Gasteiger partial charge in [0.05, 0.1) is 12.9 Å². The predicted octanol–water partition coefficient (Wildman–Crippen LogP) is 9.51. The number of fused-ring (bicyclic) bond motifs is 3. The molecule has 0 aromatic heterocycles. The summed E-state index contributed by atoms with van der Waals surface area (Å²) in [5.41, 5.74) is 5.51. The van der Waals surface area contributed by atoms with Crippen LogP contribution in [-0.4, -0.2) is 10.3 Å². The van der Waals surface area contributed by atoms with Crippen molar-refractivity contribution in [2.24, 2.45) is 0 Å². The molecule has 0 saturated heterocycles. The first-order valence-corrected chi connectivity index (χ1v) is 13.3. The molecule has 6 rings (SSSR count). The molecule has 0 saturated carbocycles. The summed E-state index contributed by atoms with van der Waals surface area (Å²) in [4.78, 5) is 0. The Kier molecular flexibility index (Phi) is 12.4. The van der Waals surface area contributed by atoms with Gasteiger partial charge in [-0.05, 0) is 6.07 Å². The van der Waals surface area contributed by atoms with Crippen molar-refractivity contribution in [1.82, 2.24) is 0 Å². The van der Waals surface area contributed by atoms with Gasteiger partial charge < -0.3 is 19.6 Å². The van der Waals surface area contributed by atoms with Gasteiger partial charge in [-0.25, -0.2) is 11.6 Å². The normalized spacial score (nSPS) is 11.4. The second-order valence-electron chi connectivity index (χ2n) is 8.78. The van der Waals surface area contributed by atoms with Gasteiger partial charge in [-0.15, -0.1) is 47.0 Å². The van der Waals surface area contributed by atoms with Crippen LogP contribution in [0.2, 0.25) is 0 Å². The monoisotopic (exact) mass is 574 g/mol. The molecular weight excluding hydrogens is 540 g/mol. The quantitative estimate of drug-likeness (QED) is 0.195. The fourth-order valence-corrected chi connectivity index (χ4v) is 4.88. The average Bonchev–Trinajstić information content (AvgIpc) is 3.51. The third-order valence-electron chi connectivity index (χ3n) is 6.30. The van der Waals surface area contributed by atoms with Crippen LogP contribution >= 0.6 is 0 Å². The number of benzene rings is 4. The van der Waals surface area contributed by atoms with Gasteiger partial charge in [0.15, 0.2) is 0 Å². The van der Waals surface area contributed by atoms with Crippen LogP contribution in [0.1, 0.15) is 31.4 Å². The standard InChI is InChI=1S/C14H11O.C13H10.C7H9.2CH3.Zr/c1-15-12-6-7-14-11(9-12)8-10-4-2-3-5-13(10)14;1-3-7-12(8-4-1)11-13-9-5-2-6-10-13;1-6-4-3-5-7(6)2;;;/h2-9H,1H3;1-10H;4H,5H2,1-2H3;2*1H3;/q-1;;3*-1;. The van der Waals surface area contributed by atoms with E-state index in [4.69, 9.17) is 4.74 Å². The van der Waals surface area contributed by atoms with E-state index in [-0.39, 0.29) is 14.9 Å². The molecule has 0 bridgehead atoms. The molecule has 0 atom stereocenters. The molecule has 5 aromatic rings. The van der Waals surface area contributed by atoms with Crippen molar-refractivity contribution in [3.05, 3.63) is 158 Å². The van der Waals surface area contributed by atoms with Crippen LogP contribution in [0.15, 0.2) is 126 Å². The van der Waals surface area contributed by atoms with E-state index in [9.17, 15) is 0 Å². The van der Waals surface area contributed by atoms with E-state index >= 15 is 0 Å². The number of hydrogen-bond donors (Lipinski definition) is 0. The average molecular weight is 576 g/mol. The Bertz CT molecular complexity index is 1460. The van der Waals surface area contributed by atoms with Crippen LogP contribution in [0.5, 0.6) is 5.75 Å². The Balaban J connectivity index is 0.000000207. The number of allylic oxidation sites excluding steroid dienone is 4. The van der Waals surface area contributed by atoms with Crippen molar-refractivity contribution < 1.29 is 29.0 Å². The van der Waals surface area contributed by atoms with Gasteiger partial charge in [-0.2, -0.15) is 5.57 Å². The minimum absolute atomic E-state index is 0. The topological polar surface area (TPSA) is 9.23 Å². The first-order chi connectivity index (χ1) is 17.6. The number of ether oxygens (including phenoxy) is 1. The summed E-state index contributed by atoms with van der Waals surface area (Å²) < 4.78 is 6.63. The van der Waals surface area contributed by atoms with Crippen molar-refractivity contribution in [3.8, 4) is 5.75 Å². The fourth-order valence-electron chi connectivity index (χ4n) is 4.06. The van der Waals surface area contributed by atoms with Gasteiger partial charge in [0.25, 0.3) is 0 Å². The van der Waals surface area contributed by atoms with Gasteiger partial charge in [-0.3, -0.25) is 6.08 Å². The predicted molar refractivity (Wildman–Crippen MR) is 163 cm³/mol. The van der Waals surface area contributed by atoms with Crippen LogP contribution in [0.3, 0.4) is 0 Å². The fraction of sp³-hybridized carbons (Fsp3) is 0.111. The molecule has 0 unspecified atom stereocenters. The summed E-state index contributed by atoms with van der Waals surface area (Å²) in [6, 6.07) is 38.0. The van der Waals surface area contributed by atoms with E-state index in [0.29, 0.717) is 0 Å². The van der Waals surface area contributed by atoms with Gasteiger partial charge in [-0.1, -0.05) is 37.3 Å². The van der Waals surface area contributed by atoms with E-state index in [1.54, 1.807) is 7.11 Å². The van der Waals surface area contributed by atoms with Crippen LogP contribution in [-0.2, 0) is 24.2 Å². The Morgan fingerprint density at radius 2 is 1.29 bits per heavy atom. The second-order valence-corrected chi connectivity index (χ2v) is 10.0. The van der Waals surface area contributed by atoms with Crippen molar-refractivity contribution in [2.75, 3.05) is 7.11 Å². The Hall–Kier alpha value is -3.22. The Morgan fingerprint density at radius 1 is 0.737 bits per heavy atom. The van der Waals surface area contributed by atoms with E-state index < -0.39 is 0 Å². The van der Waals surface area contributed by atoms with Gasteiger partial charge in [0, 0.05) is 0 Å². The molecule has 0 N–H and O–H groups in total. The van der Waals surface area contributed by atoms with E-state index in [0.717, 1.165) is 12.2 Å². The van der Waals surface area contributed by atoms with Gasteiger partial charge >= 0.3 is 99.2 Å². The molecule has 1 aliphatic carbocycles. The molecule has 1 aliphatic rings. The van der Waals surface area contributed by atoms with Crippen molar-refractivity contribution in [1.29, 1.82) is 0 Å². The molecule has 194 valence electrons. The molecule has 1 nitrogen and oxygen atoms in total. The van der Waals surface area contributed by atoms with E-state index in [1.807, 2.05) is 6.07 Å². The summed E-state index contributed by atoms with van der Waals surface area (Å²) in [7, 11) is 1.70. The molecule has 0 fully saturated rings. The second kappa shape index (κ2) is 15.3. The van der Waals surface area contributed by atoms with Crippen molar-refractivity contribution >= 4 is 24.8 Å².